The fourth-order valence-electron chi connectivity index (χ4n) is 0.962. The highest BCUT2D eigenvalue weighted by atomic mass is 19.4. The van der Waals surface area contributed by atoms with Crippen molar-refractivity contribution in [2.45, 2.75) is 24.9 Å². The molecule has 0 aliphatic carbocycles. The van der Waals surface area contributed by atoms with E-state index in [2.05, 4.69) is 6.58 Å². The van der Waals surface area contributed by atoms with Crippen molar-refractivity contribution in [2.75, 3.05) is 0 Å². The van der Waals surface area contributed by atoms with E-state index in [9.17, 15) is 26.3 Å². The van der Waals surface area contributed by atoms with Gasteiger partial charge in [-0.05, 0) is 12.5 Å². The van der Waals surface area contributed by atoms with Crippen molar-refractivity contribution in [3.05, 3.63) is 24.3 Å². The van der Waals surface area contributed by atoms with E-state index in [0.717, 1.165) is 6.92 Å². The lowest BCUT2D eigenvalue weighted by molar-refractivity contribution is -0.350. The highest BCUT2D eigenvalue weighted by Crippen LogP contribution is 2.47. The summed E-state index contributed by atoms with van der Waals surface area (Å²) in [6.45, 7) is 3.74. The van der Waals surface area contributed by atoms with Gasteiger partial charge in [-0.1, -0.05) is 18.7 Å². The third kappa shape index (κ3) is 2.17. The molecule has 88 valence electrons. The molecular weight excluding hydrogens is 226 g/mol. The van der Waals surface area contributed by atoms with Crippen molar-refractivity contribution in [3.63, 3.8) is 0 Å². The summed E-state index contributed by atoms with van der Waals surface area (Å²) in [5, 5.41) is 8.75. The summed E-state index contributed by atoms with van der Waals surface area (Å²) in [6, 6.07) is 0. The SMILES string of the molecule is C=C/C(=C\C)C(O)(C(F)(F)F)C(F)(F)F. The summed E-state index contributed by atoms with van der Waals surface area (Å²) in [5.41, 5.74) is -6.21. The zero-order valence-corrected chi connectivity index (χ0v) is 7.58. The average Bonchev–Trinajstić information content (AvgIpc) is 2.02. The quantitative estimate of drug-likeness (QED) is 0.575. The van der Waals surface area contributed by atoms with E-state index < -0.39 is 23.5 Å². The minimum Gasteiger partial charge on any atom is -0.370 e. The zero-order chi connectivity index (χ0) is 12.5. The van der Waals surface area contributed by atoms with E-state index in [0.29, 0.717) is 12.2 Å². The molecule has 0 bridgehead atoms. The molecule has 0 amide bonds. The molecule has 0 atom stereocenters. The third-order valence-corrected chi connectivity index (χ3v) is 1.77. The van der Waals surface area contributed by atoms with E-state index in [1.54, 1.807) is 0 Å². The summed E-state index contributed by atoms with van der Waals surface area (Å²) in [5.74, 6) is 0. The Balaban J connectivity index is 5.74. The van der Waals surface area contributed by atoms with Crippen molar-refractivity contribution >= 4 is 0 Å². The Morgan fingerprint density at radius 1 is 1.07 bits per heavy atom. The molecule has 0 saturated carbocycles. The second-order valence-electron chi connectivity index (χ2n) is 2.65. The van der Waals surface area contributed by atoms with Crippen LogP contribution < -0.4 is 0 Å². The average molecular weight is 234 g/mol. The van der Waals surface area contributed by atoms with Crippen LogP contribution >= 0.6 is 0 Å². The summed E-state index contributed by atoms with van der Waals surface area (Å²) in [4.78, 5) is 0. The van der Waals surface area contributed by atoms with Crippen molar-refractivity contribution in [1.29, 1.82) is 0 Å². The Hall–Kier alpha value is -0.980. The molecule has 0 radical (unpaired) electrons. The van der Waals surface area contributed by atoms with Crippen LogP contribution in [0.1, 0.15) is 6.92 Å². The van der Waals surface area contributed by atoms with Gasteiger partial charge in [-0.2, -0.15) is 26.3 Å². The van der Waals surface area contributed by atoms with Crippen LogP contribution in [0.25, 0.3) is 0 Å². The van der Waals surface area contributed by atoms with Crippen LogP contribution in [0, 0.1) is 0 Å². The normalized spacial score (nSPS) is 15.3. The highest BCUT2D eigenvalue weighted by Gasteiger charge is 2.71. The van der Waals surface area contributed by atoms with Gasteiger partial charge < -0.3 is 5.11 Å². The second kappa shape index (κ2) is 3.88. The minimum absolute atomic E-state index is 0.320. The van der Waals surface area contributed by atoms with Crippen LogP contribution in [-0.4, -0.2) is 23.1 Å². The summed E-state index contributed by atoms with van der Waals surface area (Å²) < 4.78 is 73.0. The molecule has 0 aromatic rings. The monoisotopic (exact) mass is 234 g/mol. The van der Waals surface area contributed by atoms with Crippen LogP contribution in [0.5, 0.6) is 0 Å². The molecular formula is C8H8F6O. The van der Waals surface area contributed by atoms with Crippen LogP contribution in [-0.2, 0) is 0 Å². The molecule has 0 unspecified atom stereocenters. The first-order chi connectivity index (χ1) is 6.52. The lowest BCUT2D eigenvalue weighted by atomic mass is 9.92. The molecule has 0 rings (SSSR count). The van der Waals surface area contributed by atoms with Crippen molar-refractivity contribution in [2.24, 2.45) is 0 Å². The predicted molar refractivity (Wildman–Crippen MR) is 41.0 cm³/mol. The van der Waals surface area contributed by atoms with Crippen molar-refractivity contribution in [1.82, 2.24) is 0 Å². The summed E-state index contributed by atoms with van der Waals surface area (Å²) >= 11 is 0. The smallest absolute Gasteiger partial charge is 0.370 e. The molecule has 0 aliphatic rings. The van der Waals surface area contributed by atoms with Crippen LogP contribution in [0.3, 0.4) is 0 Å². The number of alkyl halides is 6. The summed E-state index contributed by atoms with van der Waals surface area (Å²) in [6.07, 6.45) is -10.9. The minimum atomic E-state index is -5.85. The molecule has 0 spiro atoms. The van der Waals surface area contributed by atoms with Gasteiger partial charge in [0.05, 0.1) is 0 Å². The van der Waals surface area contributed by atoms with Gasteiger partial charge in [-0.25, -0.2) is 0 Å². The lowest BCUT2D eigenvalue weighted by Gasteiger charge is -2.33. The molecule has 0 aromatic carbocycles. The largest absolute Gasteiger partial charge is 0.430 e. The van der Waals surface area contributed by atoms with Crippen LogP contribution in [0.15, 0.2) is 24.3 Å². The number of allylic oxidation sites excluding steroid dienone is 1. The molecule has 0 fully saturated rings. The molecule has 0 heterocycles. The van der Waals surface area contributed by atoms with Gasteiger partial charge >= 0.3 is 12.4 Å². The predicted octanol–water partition coefficient (Wildman–Crippen LogP) is 2.97. The summed E-state index contributed by atoms with van der Waals surface area (Å²) in [7, 11) is 0. The Morgan fingerprint density at radius 2 is 1.40 bits per heavy atom. The first-order valence-electron chi connectivity index (χ1n) is 3.67. The molecule has 1 nitrogen and oxygen atoms in total. The van der Waals surface area contributed by atoms with Gasteiger partial charge in [-0.15, -0.1) is 0 Å². The maximum Gasteiger partial charge on any atom is 0.430 e. The molecule has 0 aromatic heterocycles. The van der Waals surface area contributed by atoms with E-state index in [1.165, 1.54) is 0 Å². The Morgan fingerprint density at radius 3 is 1.47 bits per heavy atom. The molecule has 0 aliphatic heterocycles. The highest BCUT2D eigenvalue weighted by molar-refractivity contribution is 5.31. The fourth-order valence-corrected chi connectivity index (χ4v) is 0.962. The van der Waals surface area contributed by atoms with E-state index in [4.69, 9.17) is 5.11 Å². The maximum absolute atomic E-state index is 12.2. The van der Waals surface area contributed by atoms with E-state index >= 15 is 0 Å². The van der Waals surface area contributed by atoms with Gasteiger partial charge in [0.1, 0.15) is 0 Å². The van der Waals surface area contributed by atoms with E-state index in [1.807, 2.05) is 0 Å². The van der Waals surface area contributed by atoms with Crippen LogP contribution in [0.4, 0.5) is 26.3 Å². The Bertz CT molecular complexity index is 258. The molecule has 7 heteroatoms. The topological polar surface area (TPSA) is 20.2 Å². The van der Waals surface area contributed by atoms with Gasteiger partial charge in [0, 0.05) is 0 Å². The number of aliphatic hydroxyl groups is 1. The maximum atomic E-state index is 12.2. The van der Waals surface area contributed by atoms with Gasteiger partial charge in [-0.3, -0.25) is 0 Å². The van der Waals surface area contributed by atoms with Crippen molar-refractivity contribution < 1.29 is 31.4 Å². The Kier molecular flexibility index (Phi) is 3.63. The molecule has 1 N–H and O–H groups in total. The molecule has 0 saturated heterocycles. The van der Waals surface area contributed by atoms with Crippen molar-refractivity contribution in [3.8, 4) is 0 Å². The number of hydrogen-bond acceptors (Lipinski definition) is 1. The third-order valence-electron chi connectivity index (χ3n) is 1.77. The van der Waals surface area contributed by atoms with Gasteiger partial charge in [0.2, 0.25) is 0 Å². The molecule has 15 heavy (non-hydrogen) atoms. The number of rotatable bonds is 2. The van der Waals surface area contributed by atoms with Gasteiger partial charge in [0.15, 0.2) is 0 Å². The first kappa shape index (κ1) is 14.0. The zero-order valence-electron chi connectivity index (χ0n) is 7.58. The first-order valence-corrected chi connectivity index (χ1v) is 3.67. The second-order valence-corrected chi connectivity index (χ2v) is 2.65. The number of halogens is 6. The van der Waals surface area contributed by atoms with Crippen LogP contribution in [0.2, 0.25) is 0 Å². The van der Waals surface area contributed by atoms with Gasteiger partial charge in [0.25, 0.3) is 5.60 Å². The lowest BCUT2D eigenvalue weighted by Crippen LogP contribution is -2.57. The van der Waals surface area contributed by atoms with E-state index in [-0.39, 0.29) is 0 Å². The Labute approximate surface area is 81.7 Å². The fraction of sp³-hybridized carbons (Fsp3) is 0.500. The standard InChI is InChI=1S/C8H8F6O/c1-3-5(4-2)6(15,7(9,10)11)8(12,13)14/h3-4,15H,1H2,2H3/b5-4+. The number of hydrogen-bond donors (Lipinski definition) is 1.